The van der Waals surface area contributed by atoms with Crippen LogP contribution in [0.4, 0.5) is 16.2 Å². The van der Waals surface area contributed by atoms with Crippen molar-refractivity contribution in [1.29, 1.82) is 0 Å². The summed E-state index contributed by atoms with van der Waals surface area (Å²) in [7, 11) is 1.45. The van der Waals surface area contributed by atoms with Crippen molar-refractivity contribution in [1.82, 2.24) is 5.32 Å². The first-order valence-corrected chi connectivity index (χ1v) is 13.1. The van der Waals surface area contributed by atoms with Crippen LogP contribution in [0.5, 0.6) is 5.75 Å². The summed E-state index contributed by atoms with van der Waals surface area (Å²) in [6.45, 7) is 1.73. The standard InChI is InChI=1S/C26H20Cl5N3O4/c1-12-7-16(4-6-20(12)38-25(37)32-2)33-23(35)18-11-17(3-5-19(18)29)34-24(36)22-21(26(22,30)31)13-8-14(27)10-15(28)9-13/h3-11,21-22H,1-2H3,(H,32,37)(H,33,35)(H,34,36). The zero-order valence-electron chi connectivity index (χ0n) is 19.9. The van der Waals surface area contributed by atoms with Crippen molar-refractivity contribution in [3.8, 4) is 5.75 Å². The fraction of sp³-hybridized carbons (Fsp3) is 0.192. The molecule has 3 N–H and O–H groups in total. The zero-order valence-corrected chi connectivity index (χ0v) is 23.7. The molecule has 38 heavy (non-hydrogen) atoms. The number of carbonyl (C=O) groups excluding carboxylic acids is 3. The Kier molecular flexibility index (Phi) is 8.35. The highest BCUT2D eigenvalue weighted by atomic mass is 35.5. The number of nitrogens with one attached hydrogen (secondary N) is 3. The lowest BCUT2D eigenvalue weighted by atomic mass is 10.1. The van der Waals surface area contributed by atoms with Gasteiger partial charge in [-0.15, -0.1) is 23.2 Å². The number of hydrogen-bond donors (Lipinski definition) is 3. The zero-order chi connectivity index (χ0) is 27.8. The minimum atomic E-state index is -1.35. The summed E-state index contributed by atoms with van der Waals surface area (Å²) in [5, 5.41) is 8.84. The van der Waals surface area contributed by atoms with E-state index in [0.717, 1.165) is 0 Å². The number of rotatable bonds is 6. The molecule has 7 nitrogen and oxygen atoms in total. The number of aryl methyl sites for hydroxylation is 1. The molecule has 1 aliphatic carbocycles. The van der Waals surface area contributed by atoms with E-state index < -0.39 is 34.1 Å². The Bertz CT molecular complexity index is 1430. The summed E-state index contributed by atoms with van der Waals surface area (Å²) in [4.78, 5) is 37.5. The average molecular weight is 616 g/mol. The fourth-order valence-corrected chi connectivity index (χ4v) is 5.58. The van der Waals surface area contributed by atoms with Gasteiger partial charge >= 0.3 is 6.09 Å². The Morgan fingerprint density at radius 1 is 0.868 bits per heavy atom. The average Bonchev–Trinajstić information content (AvgIpc) is 3.43. The summed E-state index contributed by atoms with van der Waals surface area (Å²) < 4.78 is 3.79. The quantitative estimate of drug-likeness (QED) is 0.251. The third-order valence-corrected chi connectivity index (χ3v) is 7.60. The van der Waals surface area contributed by atoms with Gasteiger partial charge in [0.2, 0.25) is 5.91 Å². The van der Waals surface area contributed by atoms with Gasteiger partial charge in [0.05, 0.1) is 16.5 Å². The summed E-state index contributed by atoms with van der Waals surface area (Å²) in [5.41, 5.74) is 2.19. The van der Waals surface area contributed by atoms with Crippen LogP contribution in [0.15, 0.2) is 54.6 Å². The van der Waals surface area contributed by atoms with E-state index in [0.29, 0.717) is 38.3 Å². The maximum atomic E-state index is 13.0. The molecule has 0 spiro atoms. The highest BCUT2D eigenvalue weighted by molar-refractivity contribution is 6.53. The van der Waals surface area contributed by atoms with Crippen LogP contribution in [0.2, 0.25) is 15.1 Å². The van der Waals surface area contributed by atoms with Gasteiger partial charge in [-0.3, -0.25) is 9.59 Å². The molecule has 1 aliphatic rings. The second kappa shape index (κ2) is 11.2. The van der Waals surface area contributed by atoms with Gasteiger partial charge in [0.25, 0.3) is 5.91 Å². The van der Waals surface area contributed by atoms with Crippen molar-refractivity contribution in [3.63, 3.8) is 0 Å². The van der Waals surface area contributed by atoms with Gasteiger partial charge in [-0.2, -0.15) is 0 Å². The molecule has 12 heteroatoms. The molecule has 3 aromatic rings. The predicted molar refractivity (Wildman–Crippen MR) is 151 cm³/mol. The molecule has 3 amide bonds. The number of ether oxygens (including phenoxy) is 1. The number of alkyl halides is 2. The highest BCUT2D eigenvalue weighted by Gasteiger charge is 2.67. The van der Waals surface area contributed by atoms with Gasteiger partial charge in [0.1, 0.15) is 10.1 Å². The Morgan fingerprint density at radius 3 is 2.13 bits per heavy atom. The van der Waals surface area contributed by atoms with E-state index in [1.54, 1.807) is 49.4 Å². The van der Waals surface area contributed by atoms with E-state index >= 15 is 0 Å². The lowest BCUT2D eigenvalue weighted by Crippen LogP contribution is -2.22. The van der Waals surface area contributed by atoms with Crippen molar-refractivity contribution in [2.75, 3.05) is 17.7 Å². The van der Waals surface area contributed by atoms with Crippen LogP contribution in [0.25, 0.3) is 0 Å². The smallest absolute Gasteiger partial charge is 0.410 e. The molecule has 0 aliphatic heterocycles. The molecule has 1 saturated carbocycles. The van der Waals surface area contributed by atoms with E-state index in [4.69, 9.17) is 62.7 Å². The summed E-state index contributed by atoms with van der Waals surface area (Å²) in [6.07, 6.45) is -0.606. The van der Waals surface area contributed by atoms with Gasteiger partial charge in [-0.25, -0.2) is 4.79 Å². The number of carbonyl (C=O) groups is 3. The molecular weight excluding hydrogens is 596 g/mol. The topological polar surface area (TPSA) is 96.5 Å². The van der Waals surface area contributed by atoms with Crippen LogP contribution in [-0.4, -0.2) is 29.3 Å². The third kappa shape index (κ3) is 6.14. The lowest BCUT2D eigenvalue weighted by molar-refractivity contribution is -0.117. The molecule has 2 atom stereocenters. The Labute approximate surface area is 243 Å². The number of amides is 3. The Morgan fingerprint density at radius 2 is 1.50 bits per heavy atom. The summed E-state index contributed by atoms with van der Waals surface area (Å²) >= 11 is 31.3. The van der Waals surface area contributed by atoms with E-state index in [1.807, 2.05) is 0 Å². The maximum Gasteiger partial charge on any atom is 0.412 e. The van der Waals surface area contributed by atoms with Crippen LogP contribution >= 0.6 is 58.0 Å². The largest absolute Gasteiger partial charge is 0.412 e. The number of anilines is 2. The van der Waals surface area contributed by atoms with Crippen molar-refractivity contribution in [2.24, 2.45) is 5.92 Å². The molecule has 0 saturated heterocycles. The molecule has 198 valence electrons. The number of hydrogen-bond acceptors (Lipinski definition) is 4. The van der Waals surface area contributed by atoms with Crippen LogP contribution in [-0.2, 0) is 4.79 Å². The highest BCUT2D eigenvalue weighted by Crippen LogP contribution is 2.65. The second-order valence-corrected chi connectivity index (χ2v) is 11.3. The van der Waals surface area contributed by atoms with E-state index in [9.17, 15) is 14.4 Å². The van der Waals surface area contributed by atoms with Crippen molar-refractivity contribution in [2.45, 2.75) is 17.2 Å². The van der Waals surface area contributed by atoms with Gasteiger partial charge in [-0.1, -0.05) is 34.8 Å². The lowest BCUT2D eigenvalue weighted by Gasteiger charge is -2.12. The Hall–Kier alpha value is -2.68. The van der Waals surface area contributed by atoms with Crippen LogP contribution in [0.3, 0.4) is 0 Å². The van der Waals surface area contributed by atoms with E-state index in [1.165, 1.54) is 19.2 Å². The van der Waals surface area contributed by atoms with E-state index in [-0.39, 0.29) is 10.6 Å². The normalized spacial score (nSPS) is 17.3. The fourth-order valence-electron chi connectivity index (χ4n) is 4.01. The molecule has 3 aromatic carbocycles. The monoisotopic (exact) mass is 613 g/mol. The van der Waals surface area contributed by atoms with Gasteiger partial charge in [0.15, 0.2) is 0 Å². The second-order valence-electron chi connectivity index (χ2n) is 8.59. The van der Waals surface area contributed by atoms with Crippen molar-refractivity contribution >= 4 is 87.3 Å². The summed E-state index contributed by atoms with van der Waals surface area (Å²) in [6, 6.07) is 14.2. The van der Waals surface area contributed by atoms with Crippen LogP contribution in [0, 0.1) is 12.8 Å². The van der Waals surface area contributed by atoms with Crippen LogP contribution in [0.1, 0.15) is 27.4 Å². The molecule has 2 unspecified atom stereocenters. The number of halogens is 5. The first-order valence-electron chi connectivity index (χ1n) is 11.2. The van der Waals surface area contributed by atoms with Gasteiger partial charge in [-0.05, 0) is 72.6 Å². The molecule has 0 aromatic heterocycles. The predicted octanol–water partition coefficient (Wildman–Crippen LogP) is 7.45. The molecule has 0 heterocycles. The molecule has 0 bridgehead atoms. The Balaban J connectivity index is 1.47. The van der Waals surface area contributed by atoms with Crippen LogP contribution < -0.4 is 20.7 Å². The van der Waals surface area contributed by atoms with Gasteiger partial charge < -0.3 is 20.7 Å². The summed E-state index contributed by atoms with van der Waals surface area (Å²) in [5.74, 6) is -1.89. The first-order chi connectivity index (χ1) is 17.9. The van der Waals surface area contributed by atoms with Crippen molar-refractivity contribution in [3.05, 3.63) is 86.4 Å². The van der Waals surface area contributed by atoms with Crippen molar-refractivity contribution < 1.29 is 19.1 Å². The molecule has 4 rings (SSSR count). The number of benzene rings is 3. The maximum absolute atomic E-state index is 13.0. The SMILES string of the molecule is CNC(=O)Oc1ccc(NC(=O)c2cc(NC(=O)C3C(c4cc(Cl)cc(Cl)c4)C3(Cl)Cl)ccc2Cl)cc1C. The molecule has 1 fully saturated rings. The minimum Gasteiger partial charge on any atom is -0.410 e. The third-order valence-electron chi connectivity index (χ3n) is 5.90. The van der Waals surface area contributed by atoms with E-state index in [2.05, 4.69) is 16.0 Å². The molecule has 0 radical (unpaired) electrons. The minimum absolute atomic E-state index is 0.129. The first kappa shape index (κ1) is 28.3. The molecular formula is C26H20Cl5N3O4. The van der Waals surface area contributed by atoms with Gasteiger partial charge in [0, 0.05) is 34.4 Å².